The fourth-order valence-corrected chi connectivity index (χ4v) is 6.41. The van der Waals surface area contributed by atoms with Crippen molar-refractivity contribution < 1.29 is 22.3 Å². The zero-order valence-corrected chi connectivity index (χ0v) is 26.9. The number of anilines is 2. The van der Waals surface area contributed by atoms with Crippen molar-refractivity contribution in [1.29, 1.82) is 0 Å². The van der Waals surface area contributed by atoms with Gasteiger partial charge in [0.05, 0.1) is 27.8 Å². The number of halogens is 2. The molecule has 4 aromatic rings. The summed E-state index contributed by atoms with van der Waals surface area (Å²) in [6, 6.07) is 11.9. The Balaban J connectivity index is 1.30. The first-order chi connectivity index (χ1) is 20.4. The molecule has 2 N–H and O–H groups in total. The van der Waals surface area contributed by atoms with Crippen molar-refractivity contribution in [2.75, 3.05) is 29.7 Å². The Morgan fingerprint density at radius 1 is 1.07 bits per heavy atom. The van der Waals surface area contributed by atoms with Crippen LogP contribution in [0.2, 0.25) is 0 Å². The minimum absolute atomic E-state index is 0.0538. The number of benzene rings is 2. The van der Waals surface area contributed by atoms with Gasteiger partial charge in [0, 0.05) is 31.4 Å². The van der Waals surface area contributed by atoms with Crippen molar-refractivity contribution in [3.8, 4) is 11.1 Å². The number of carbonyl (C=O) groups is 1. The van der Waals surface area contributed by atoms with E-state index in [2.05, 4.69) is 20.0 Å². The first kappa shape index (κ1) is 30.9. The molecule has 0 radical (unpaired) electrons. The first-order valence-corrected chi connectivity index (χ1v) is 16.4. The molecule has 2 aromatic heterocycles. The van der Waals surface area contributed by atoms with E-state index in [9.17, 15) is 17.6 Å². The van der Waals surface area contributed by atoms with Crippen LogP contribution in [0.15, 0.2) is 65.8 Å². The number of hydrogen-bond acceptors (Lipinski definition) is 8. The monoisotopic (exact) mass is 718 g/mol. The lowest BCUT2D eigenvalue weighted by atomic mass is 9.98. The minimum atomic E-state index is -3.94. The third kappa shape index (κ3) is 7.88. The predicted octanol–water partition coefficient (Wildman–Crippen LogP) is 6.30. The molecule has 1 saturated heterocycles. The fraction of sp³-hybridized carbons (Fsp3) is 0.333. The topological polar surface area (TPSA) is 126 Å². The third-order valence-electron chi connectivity index (χ3n) is 6.83. The number of likely N-dealkylation sites (tertiary alicyclic amines) is 1. The van der Waals surface area contributed by atoms with Gasteiger partial charge in [-0.3, -0.25) is 9.71 Å². The van der Waals surface area contributed by atoms with E-state index in [0.29, 0.717) is 51.4 Å². The molecule has 1 unspecified atom stereocenters. The molecule has 0 aliphatic carbocycles. The van der Waals surface area contributed by atoms with Crippen LogP contribution < -0.4 is 10.0 Å². The predicted molar refractivity (Wildman–Crippen MR) is 172 cm³/mol. The molecule has 0 bridgehead atoms. The number of rotatable bonds is 7. The lowest BCUT2D eigenvalue weighted by Crippen LogP contribution is -2.44. The number of nitrogens with one attached hydrogen (secondary N) is 2. The molecule has 1 fully saturated rings. The van der Waals surface area contributed by atoms with E-state index in [1.165, 1.54) is 12.1 Å². The lowest BCUT2D eigenvalue weighted by molar-refractivity contribution is 0.0172. The number of aromatic nitrogens is 3. The summed E-state index contributed by atoms with van der Waals surface area (Å²) in [6.07, 6.45) is 4.96. The number of piperidine rings is 1. The maximum atomic E-state index is 13.3. The Morgan fingerprint density at radius 2 is 1.84 bits per heavy atom. The molecule has 2 aromatic carbocycles. The molecule has 1 atom stereocenters. The van der Waals surface area contributed by atoms with E-state index in [-0.39, 0.29) is 16.9 Å². The van der Waals surface area contributed by atoms with Gasteiger partial charge in [-0.2, -0.15) is 0 Å². The van der Waals surface area contributed by atoms with Gasteiger partial charge in [-0.25, -0.2) is 27.6 Å². The van der Waals surface area contributed by atoms with E-state index >= 15 is 0 Å². The number of fused-ring (bicyclic) bond motifs is 1. The van der Waals surface area contributed by atoms with Crippen LogP contribution in [-0.2, 0) is 14.8 Å². The molecule has 1 aliphatic heterocycles. The smallest absolute Gasteiger partial charge is 0.410 e. The van der Waals surface area contributed by atoms with Crippen LogP contribution >= 0.6 is 22.6 Å². The average molecular weight is 719 g/mol. The van der Waals surface area contributed by atoms with E-state index in [1.54, 1.807) is 23.4 Å². The zero-order valence-electron chi connectivity index (χ0n) is 24.0. The maximum Gasteiger partial charge on any atom is 0.410 e. The van der Waals surface area contributed by atoms with Gasteiger partial charge in [-0.1, -0.05) is 6.07 Å². The fourth-order valence-electron chi connectivity index (χ4n) is 4.74. The quantitative estimate of drug-likeness (QED) is 0.169. The van der Waals surface area contributed by atoms with Gasteiger partial charge in [-0.05, 0) is 110 Å². The number of hydrogen-bond donors (Lipinski definition) is 2. The van der Waals surface area contributed by atoms with Gasteiger partial charge in [0.2, 0.25) is 0 Å². The normalized spacial score (nSPS) is 15.7. The highest BCUT2D eigenvalue weighted by Crippen LogP contribution is 2.29. The molecule has 0 saturated carbocycles. The maximum absolute atomic E-state index is 13.3. The van der Waals surface area contributed by atoms with Crippen molar-refractivity contribution in [2.24, 2.45) is 5.92 Å². The molecular formula is C30H32FIN6O4S. The third-order valence-corrected chi connectivity index (χ3v) is 9.07. The van der Waals surface area contributed by atoms with Crippen LogP contribution in [0.1, 0.15) is 33.6 Å². The van der Waals surface area contributed by atoms with Gasteiger partial charge in [0.1, 0.15) is 20.9 Å². The summed E-state index contributed by atoms with van der Waals surface area (Å²) < 4.78 is 47.6. The minimum Gasteiger partial charge on any atom is -0.444 e. The highest BCUT2D eigenvalue weighted by atomic mass is 127. The molecule has 226 valence electrons. The van der Waals surface area contributed by atoms with Gasteiger partial charge in [-0.15, -0.1) is 0 Å². The van der Waals surface area contributed by atoms with E-state index in [4.69, 9.17) is 9.72 Å². The Hall–Kier alpha value is -3.59. The molecule has 43 heavy (non-hydrogen) atoms. The van der Waals surface area contributed by atoms with Gasteiger partial charge in [0.25, 0.3) is 10.0 Å². The number of carbonyl (C=O) groups excluding carboxylic acids is 1. The zero-order chi connectivity index (χ0) is 30.8. The molecule has 5 rings (SSSR count). The SMILES string of the molecule is CC(C)(C)OC(=O)N1CCCC(CNc2cnc3ccc(-c4cnc(I)c(NS(=O)(=O)c5ccc(F)cc5)c4)cc3n2)C1. The summed E-state index contributed by atoms with van der Waals surface area (Å²) in [6.45, 7) is 7.53. The second-order valence-corrected chi connectivity index (χ2v) is 14.1. The second kappa shape index (κ2) is 12.6. The number of sulfonamides is 1. The van der Waals surface area contributed by atoms with Gasteiger partial charge in [0.15, 0.2) is 0 Å². The number of pyridine rings is 1. The first-order valence-electron chi connectivity index (χ1n) is 13.8. The van der Waals surface area contributed by atoms with Crippen LogP contribution in [0.4, 0.5) is 20.7 Å². The second-order valence-electron chi connectivity index (χ2n) is 11.4. The largest absolute Gasteiger partial charge is 0.444 e. The van der Waals surface area contributed by atoms with Crippen molar-refractivity contribution in [2.45, 2.75) is 44.1 Å². The highest BCUT2D eigenvalue weighted by Gasteiger charge is 2.27. The Kier molecular flexibility index (Phi) is 9.02. The van der Waals surface area contributed by atoms with E-state index in [1.807, 2.05) is 61.6 Å². The summed E-state index contributed by atoms with van der Waals surface area (Å²) in [5, 5.41) is 3.37. The summed E-state index contributed by atoms with van der Waals surface area (Å²) in [7, 11) is -3.94. The highest BCUT2D eigenvalue weighted by molar-refractivity contribution is 14.1. The number of nitrogens with zero attached hydrogens (tertiary/aromatic N) is 4. The van der Waals surface area contributed by atoms with Crippen LogP contribution in [0, 0.1) is 15.4 Å². The van der Waals surface area contributed by atoms with Gasteiger partial charge >= 0.3 is 6.09 Å². The summed E-state index contributed by atoms with van der Waals surface area (Å²) in [5.74, 6) is 0.349. The van der Waals surface area contributed by atoms with E-state index < -0.39 is 21.4 Å². The number of amides is 1. The summed E-state index contributed by atoms with van der Waals surface area (Å²) in [5.41, 5.74) is 2.61. The van der Waals surface area contributed by atoms with Gasteiger partial charge < -0.3 is 15.0 Å². The van der Waals surface area contributed by atoms with Crippen molar-refractivity contribution >= 4 is 61.2 Å². The van der Waals surface area contributed by atoms with Crippen LogP contribution in [0.25, 0.3) is 22.2 Å². The average Bonchev–Trinajstić information content (AvgIpc) is 2.96. The Bertz CT molecular complexity index is 1750. The van der Waals surface area contributed by atoms with Crippen LogP contribution in [-0.4, -0.2) is 59.6 Å². The summed E-state index contributed by atoms with van der Waals surface area (Å²) >= 11 is 1.96. The molecule has 0 spiro atoms. The standard InChI is InChI=1S/C30H32FIN6O4S/c1-30(2,3)42-29(39)38-12-4-5-19(18-38)15-34-27-17-33-24-11-6-20(13-25(24)36-27)21-14-26(28(32)35-16-21)37-43(40,41)23-9-7-22(31)8-10-23/h6-11,13-14,16-17,19,37H,4-5,12,15,18H2,1-3H3,(H,34,36). The van der Waals surface area contributed by atoms with Crippen molar-refractivity contribution in [3.05, 3.63) is 70.4 Å². The molecular weight excluding hydrogens is 686 g/mol. The molecule has 13 heteroatoms. The Morgan fingerprint density at radius 3 is 2.58 bits per heavy atom. The molecule has 1 amide bonds. The van der Waals surface area contributed by atoms with Crippen molar-refractivity contribution in [3.63, 3.8) is 0 Å². The Labute approximate surface area is 263 Å². The lowest BCUT2D eigenvalue weighted by Gasteiger charge is -2.34. The van der Waals surface area contributed by atoms with E-state index in [0.717, 1.165) is 30.5 Å². The van der Waals surface area contributed by atoms with Crippen LogP contribution in [0.5, 0.6) is 0 Å². The summed E-state index contributed by atoms with van der Waals surface area (Å²) in [4.78, 5) is 27.9. The van der Waals surface area contributed by atoms with Crippen molar-refractivity contribution in [1.82, 2.24) is 19.9 Å². The molecule has 1 aliphatic rings. The van der Waals surface area contributed by atoms with Crippen LogP contribution in [0.3, 0.4) is 0 Å². The molecule has 3 heterocycles. The molecule has 10 nitrogen and oxygen atoms in total. The number of ether oxygens (including phenoxy) is 1.